The Balaban J connectivity index is 3.50. The molecule has 0 spiro atoms. The Morgan fingerprint density at radius 1 is 1.44 bits per heavy atom. The van der Waals surface area contributed by atoms with E-state index in [1.807, 2.05) is 6.07 Å². The molecule has 5 nitrogen and oxygen atoms in total. The Morgan fingerprint density at radius 3 is 2.56 bits per heavy atom. The van der Waals surface area contributed by atoms with Crippen LogP contribution >= 0.6 is 0 Å². The lowest BCUT2D eigenvalue weighted by atomic mass is 10.0. The number of nitrogens with zero attached hydrogens (tertiary/aromatic N) is 1. The summed E-state index contributed by atoms with van der Waals surface area (Å²) in [6, 6.07) is 4.58. The second-order valence-corrected chi connectivity index (χ2v) is 2.83. The van der Waals surface area contributed by atoms with Crippen molar-refractivity contribution in [1.82, 2.24) is 0 Å². The summed E-state index contributed by atoms with van der Waals surface area (Å²) < 4.78 is 9.45. The molecule has 0 heterocycles. The normalized spacial score (nSPS) is 9.06. The van der Waals surface area contributed by atoms with Gasteiger partial charge in [-0.2, -0.15) is 5.26 Å². The number of benzene rings is 1. The molecule has 82 valence electrons. The number of nitriles is 1. The number of hydrogen-bond donors (Lipinski definition) is 0. The summed E-state index contributed by atoms with van der Waals surface area (Å²) in [7, 11) is 2.54. The van der Waals surface area contributed by atoms with Gasteiger partial charge in [-0.15, -0.1) is 0 Å². The van der Waals surface area contributed by atoms with Crippen LogP contribution in [0.15, 0.2) is 12.1 Å². The summed E-state index contributed by atoms with van der Waals surface area (Å²) in [5.74, 6) is -0.562. The topological polar surface area (TPSA) is 76.4 Å². The van der Waals surface area contributed by atoms with E-state index in [2.05, 4.69) is 4.74 Å². The number of methoxy groups -OCH3 is 2. The quantitative estimate of drug-likeness (QED) is 0.563. The first-order valence-electron chi connectivity index (χ1n) is 4.34. The van der Waals surface area contributed by atoms with Gasteiger partial charge in [0.05, 0.1) is 25.3 Å². The van der Waals surface area contributed by atoms with Gasteiger partial charge >= 0.3 is 5.97 Å². The maximum Gasteiger partial charge on any atom is 0.339 e. The maximum absolute atomic E-state index is 11.3. The average molecular weight is 219 g/mol. The van der Waals surface area contributed by atoms with Crippen LogP contribution in [0.25, 0.3) is 0 Å². The van der Waals surface area contributed by atoms with E-state index < -0.39 is 5.97 Å². The average Bonchev–Trinajstić information content (AvgIpc) is 2.35. The maximum atomic E-state index is 11.3. The molecule has 5 heteroatoms. The van der Waals surface area contributed by atoms with Crippen molar-refractivity contribution in [2.75, 3.05) is 14.2 Å². The summed E-state index contributed by atoms with van der Waals surface area (Å²) >= 11 is 0. The summed E-state index contributed by atoms with van der Waals surface area (Å²) in [5, 5.41) is 8.94. The summed E-state index contributed by atoms with van der Waals surface area (Å²) in [6.45, 7) is 0. The van der Waals surface area contributed by atoms with Crippen LogP contribution in [0.1, 0.15) is 26.3 Å². The molecule has 0 aliphatic heterocycles. The van der Waals surface area contributed by atoms with Crippen molar-refractivity contribution >= 4 is 12.3 Å². The van der Waals surface area contributed by atoms with E-state index in [4.69, 9.17) is 10.00 Å². The molecule has 1 rings (SSSR count). The molecular weight excluding hydrogens is 210 g/mol. The van der Waals surface area contributed by atoms with Crippen molar-refractivity contribution in [1.29, 1.82) is 5.26 Å². The van der Waals surface area contributed by atoms with Gasteiger partial charge in [-0.3, -0.25) is 4.79 Å². The molecule has 0 radical (unpaired) electrons. The highest BCUT2D eigenvalue weighted by atomic mass is 16.5. The van der Waals surface area contributed by atoms with E-state index in [0.29, 0.717) is 6.29 Å². The van der Waals surface area contributed by atoms with Gasteiger partial charge < -0.3 is 9.47 Å². The zero-order chi connectivity index (χ0) is 12.1. The highest BCUT2D eigenvalue weighted by molar-refractivity contribution is 5.95. The van der Waals surface area contributed by atoms with Gasteiger partial charge in [-0.1, -0.05) is 0 Å². The Kier molecular flexibility index (Phi) is 3.62. The lowest BCUT2D eigenvalue weighted by Gasteiger charge is -2.08. The van der Waals surface area contributed by atoms with Gasteiger partial charge in [0.15, 0.2) is 6.29 Å². The van der Waals surface area contributed by atoms with Crippen LogP contribution in [0.2, 0.25) is 0 Å². The van der Waals surface area contributed by atoms with Crippen molar-refractivity contribution in [3.8, 4) is 11.8 Å². The highest BCUT2D eigenvalue weighted by Crippen LogP contribution is 2.25. The molecule has 0 unspecified atom stereocenters. The SMILES string of the molecule is COC(=O)c1ccc(C=O)c(OC)c1C#N. The zero-order valence-electron chi connectivity index (χ0n) is 8.81. The van der Waals surface area contributed by atoms with Gasteiger partial charge in [-0.05, 0) is 12.1 Å². The fraction of sp³-hybridized carbons (Fsp3) is 0.182. The minimum atomic E-state index is -0.646. The van der Waals surface area contributed by atoms with Gasteiger partial charge in [0.2, 0.25) is 0 Å². The van der Waals surface area contributed by atoms with Gasteiger partial charge in [0.1, 0.15) is 17.4 Å². The Bertz CT molecular complexity index is 474. The van der Waals surface area contributed by atoms with E-state index in [0.717, 1.165) is 0 Å². The van der Waals surface area contributed by atoms with Gasteiger partial charge in [0.25, 0.3) is 0 Å². The second-order valence-electron chi connectivity index (χ2n) is 2.83. The Morgan fingerprint density at radius 2 is 2.12 bits per heavy atom. The molecular formula is C11H9NO4. The van der Waals surface area contributed by atoms with Crippen LogP contribution in [-0.2, 0) is 4.74 Å². The van der Waals surface area contributed by atoms with E-state index >= 15 is 0 Å². The number of hydrogen-bond acceptors (Lipinski definition) is 5. The van der Waals surface area contributed by atoms with Crippen molar-refractivity contribution < 1.29 is 19.1 Å². The summed E-state index contributed by atoms with van der Waals surface area (Å²) in [6.07, 6.45) is 0.556. The third-order valence-corrected chi connectivity index (χ3v) is 2.04. The van der Waals surface area contributed by atoms with Crippen molar-refractivity contribution in [2.45, 2.75) is 0 Å². The largest absolute Gasteiger partial charge is 0.495 e. The summed E-state index contributed by atoms with van der Waals surface area (Å²) in [4.78, 5) is 22.0. The van der Waals surface area contributed by atoms with Crippen molar-refractivity contribution in [3.05, 3.63) is 28.8 Å². The third kappa shape index (κ3) is 1.86. The number of carbonyl (C=O) groups is 2. The molecule has 16 heavy (non-hydrogen) atoms. The molecule has 0 amide bonds. The molecule has 0 aromatic heterocycles. The lowest BCUT2D eigenvalue weighted by molar-refractivity contribution is 0.0599. The first-order chi connectivity index (χ1) is 7.69. The van der Waals surface area contributed by atoms with E-state index in [-0.39, 0.29) is 22.4 Å². The fourth-order valence-corrected chi connectivity index (χ4v) is 1.30. The summed E-state index contributed by atoms with van der Waals surface area (Å²) in [5.41, 5.74) is 0.290. The predicted molar refractivity (Wildman–Crippen MR) is 54.4 cm³/mol. The third-order valence-electron chi connectivity index (χ3n) is 2.04. The second kappa shape index (κ2) is 4.94. The molecule has 0 aliphatic carbocycles. The zero-order valence-corrected chi connectivity index (χ0v) is 8.81. The Labute approximate surface area is 92.2 Å². The van der Waals surface area contributed by atoms with Gasteiger partial charge in [0, 0.05) is 0 Å². The molecule has 0 N–H and O–H groups in total. The van der Waals surface area contributed by atoms with Gasteiger partial charge in [-0.25, -0.2) is 4.79 Å². The molecule has 0 fully saturated rings. The Hall–Kier alpha value is -2.35. The van der Waals surface area contributed by atoms with Crippen LogP contribution in [0.5, 0.6) is 5.75 Å². The molecule has 0 aliphatic rings. The van der Waals surface area contributed by atoms with E-state index in [1.54, 1.807) is 0 Å². The highest BCUT2D eigenvalue weighted by Gasteiger charge is 2.18. The first kappa shape index (κ1) is 11.7. The van der Waals surface area contributed by atoms with Crippen LogP contribution in [0, 0.1) is 11.3 Å². The fourth-order valence-electron chi connectivity index (χ4n) is 1.30. The van der Waals surface area contributed by atoms with Crippen LogP contribution in [0.4, 0.5) is 0 Å². The number of aldehydes is 1. The molecule has 0 saturated heterocycles. The van der Waals surface area contributed by atoms with E-state index in [1.165, 1.54) is 26.4 Å². The smallest absolute Gasteiger partial charge is 0.339 e. The van der Waals surface area contributed by atoms with Crippen LogP contribution in [-0.4, -0.2) is 26.5 Å². The predicted octanol–water partition coefficient (Wildman–Crippen LogP) is 1.17. The minimum absolute atomic E-state index is 0.000972. The first-order valence-corrected chi connectivity index (χ1v) is 4.34. The van der Waals surface area contributed by atoms with Crippen LogP contribution in [0.3, 0.4) is 0 Å². The van der Waals surface area contributed by atoms with Crippen molar-refractivity contribution in [3.63, 3.8) is 0 Å². The molecule has 0 saturated carbocycles. The monoisotopic (exact) mass is 219 g/mol. The molecule has 0 atom stereocenters. The van der Waals surface area contributed by atoms with E-state index in [9.17, 15) is 9.59 Å². The number of ether oxygens (including phenoxy) is 2. The standard InChI is InChI=1S/C11H9NO4/c1-15-10-7(6-13)3-4-8(9(10)5-12)11(14)16-2/h3-4,6H,1-2H3. The molecule has 1 aromatic rings. The molecule has 1 aromatic carbocycles. The van der Waals surface area contributed by atoms with Crippen molar-refractivity contribution in [2.24, 2.45) is 0 Å². The number of esters is 1. The minimum Gasteiger partial charge on any atom is -0.495 e. The van der Waals surface area contributed by atoms with Crippen LogP contribution < -0.4 is 4.74 Å². The molecule has 0 bridgehead atoms. The lowest BCUT2D eigenvalue weighted by Crippen LogP contribution is -2.07. The number of carbonyl (C=O) groups excluding carboxylic acids is 2. The number of rotatable bonds is 3.